The SMILES string of the molecule is COc1ccc(Cc2nn(C[NH+]3CCOCC3)c(=S)o2)cc1. The van der Waals surface area contributed by atoms with Crippen LogP contribution in [0.15, 0.2) is 28.7 Å². The van der Waals surface area contributed by atoms with E-state index in [0.29, 0.717) is 17.1 Å². The van der Waals surface area contributed by atoms with Gasteiger partial charge in [0.1, 0.15) is 18.8 Å². The number of benzene rings is 1. The van der Waals surface area contributed by atoms with Gasteiger partial charge in [0.2, 0.25) is 5.89 Å². The number of methoxy groups -OCH3 is 1. The Bertz CT molecular complexity index is 659. The van der Waals surface area contributed by atoms with Gasteiger partial charge < -0.3 is 18.8 Å². The molecule has 0 radical (unpaired) electrons. The smallest absolute Gasteiger partial charge is 0.291 e. The molecule has 2 aromatic rings. The van der Waals surface area contributed by atoms with Gasteiger partial charge in [-0.3, -0.25) is 0 Å². The van der Waals surface area contributed by atoms with Crippen LogP contribution in [-0.2, 0) is 17.8 Å². The minimum Gasteiger partial charge on any atom is -0.497 e. The Kier molecular flexibility index (Phi) is 4.87. The molecule has 6 nitrogen and oxygen atoms in total. The van der Waals surface area contributed by atoms with E-state index in [9.17, 15) is 0 Å². The summed E-state index contributed by atoms with van der Waals surface area (Å²) in [5, 5.41) is 4.49. The molecular weight excluding hydrogens is 302 g/mol. The number of ether oxygens (including phenoxy) is 2. The van der Waals surface area contributed by atoms with Crippen LogP contribution in [0.1, 0.15) is 11.5 Å². The second-order valence-corrected chi connectivity index (χ2v) is 5.66. The summed E-state index contributed by atoms with van der Waals surface area (Å²) >= 11 is 5.27. The van der Waals surface area contributed by atoms with E-state index < -0.39 is 0 Å². The van der Waals surface area contributed by atoms with Crippen LogP contribution in [0.4, 0.5) is 0 Å². The van der Waals surface area contributed by atoms with Crippen molar-refractivity contribution in [2.75, 3.05) is 33.4 Å². The standard InChI is InChI=1S/C15H19N3O3S/c1-19-13-4-2-12(3-5-13)10-14-16-18(15(22)21-14)11-17-6-8-20-9-7-17/h2-5H,6-11H2,1H3/p+1. The normalized spacial score (nSPS) is 15.9. The van der Waals surface area contributed by atoms with Crippen molar-refractivity contribution in [3.63, 3.8) is 0 Å². The Morgan fingerprint density at radius 3 is 2.68 bits per heavy atom. The number of rotatable bonds is 5. The monoisotopic (exact) mass is 322 g/mol. The highest BCUT2D eigenvalue weighted by Crippen LogP contribution is 2.14. The predicted molar refractivity (Wildman–Crippen MR) is 82.6 cm³/mol. The molecule has 2 heterocycles. The lowest BCUT2D eigenvalue weighted by molar-refractivity contribution is -0.931. The average molecular weight is 322 g/mol. The van der Waals surface area contributed by atoms with Gasteiger partial charge in [0.25, 0.3) is 4.84 Å². The molecule has 1 aromatic heterocycles. The fraction of sp³-hybridized carbons (Fsp3) is 0.467. The molecular formula is C15H20N3O3S+. The third kappa shape index (κ3) is 3.73. The predicted octanol–water partition coefficient (Wildman–Crippen LogP) is 0.678. The maximum Gasteiger partial charge on any atom is 0.291 e. The molecule has 0 atom stereocenters. The lowest BCUT2D eigenvalue weighted by Crippen LogP contribution is -3.13. The van der Waals surface area contributed by atoms with Crippen LogP contribution in [0.3, 0.4) is 0 Å². The summed E-state index contributed by atoms with van der Waals surface area (Å²) < 4.78 is 17.9. The Hall–Kier alpha value is -1.70. The summed E-state index contributed by atoms with van der Waals surface area (Å²) in [5.74, 6) is 1.48. The van der Waals surface area contributed by atoms with Gasteiger partial charge in [0.15, 0.2) is 6.67 Å². The summed E-state index contributed by atoms with van der Waals surface area (Å²) in [4.78, 5) is 1.84. The number of hydrogen-bond donors (Lipinski definition) is 1. The summed E-state index contributed by atoms with van der Waals surface area (Å²) in [6.07, 6.45) is 0.624. The zero-order chi connectivity index (χ0) is 15.4. The van der Waals surface area contributed by atoms with Crippen molar-refractivity contribution in [1.82, 2.24) is 9.78 Å². The molecule has 0 spiro atoms. The van der Waals surface area contributed by atoms with Gasteiger partial charge in [-0.2, -0.15) is 4.68 Å². The van der Waals surface area contributed by atoms with Crippen molar-refractivity contribution >= 4 is 12.2 Å². The lowest BCUT2D eigenvalue weighted by atomic mass is 10.1. The minimum atomic E-state index is 0.433. The van der Waals surface area contributed by atoms with Crippen LogP contribution in [0, 0.1) is 4.84 Å². The molecule has 22 heavy (non-hydrogen) atoms. The van der Waals surface area contributed by atoms with Crippen LogP contribution in [0.2, 0.25) is 0 Å². The number of hydrogen-bond acceptors (Lipinski definition) is 5. The van der Waals surface area contributed by atoms with Crippen molar-refractivity contribution in [2.45, 2.75) is 13.1 Å². The fourth-order valence-electron chi connectivity index (χ4n) is 2.47. The van der Waals surface area contributed by atoms with E-state index in [1.807, 2.05) is 24.3 Å². The summed E-state index contributed by atoms with van der Waals surface area (Å²) in [7, 11) is 1.66. The quantitative estimate of drug-likeness (QED) is 0.821. The second-order valence-electron chi connectivity index (χ2n) is 5.31. The molecule has 0 unspecified atom stereocenters. The van der Waals surface area contributed by atoms with Crippen LogP contribution in [-0.4, -0.2) is 43.2 Å². The van der Waals surface area contributed by atoms with E-state index in [1.54, 1.807) is 11.8 Å². The van der Waals surface area contributed by atoms with Gasteiger partial charge in [0, 0.05) is 0 Å². The molecule has 1 aliphatic heterocycles. The highest BCUT2D eigenvalue weighted by atomic mass is 32.1. The van der Waals surface area contributed by atoms with Crippen LogP contribution in [0.5, 0.6) is 5.75 Å². The van der Waals surface area contributed by atoms with Gasteiger partial charge in [-0.25, -0.2) is 0 Å². The average Bonchev–Trinajstić information content (AvgIpc) is 2.88. The lowest BCUT2D eigenvalue weighted by Gasteiger charge is -2.22. The molecule has 0 amide bonds. The number of morpholine rings is 1. The maximum absolute atomic E-state index is 5.61. The second kappa shape index (κ2) is 7.04. The van der Waals surface area contributed by atoms with Gasteiger partial charge in [-0.05, 0) is 29.9 Å². The fourth-order valence-corrected chi connectivity index (χ4v) is 2.67. The molecule has 0 bridgehead atoms. The molecule has 1 fully saturated rings. The molecule has 1 saturated heterocycles. The zero-order valence-electron chi connectivity index (χ0n) is 12.6. The minimum absolute atomic E-state index is 0.433. The Balaban J connectivity index is 1.67. The molecule has 7 heteroatoms. The molecule has 0 saturated carbocycles. The largest absolute Gasteiger partial charge is 0.497 e. The molecule has 3 rings (SSSR count). The van der Waals surface area contributed by atoms with Crippen LogP contribution < -0.4 is 9.64 Å². The van der Waals surface area contributed by atoms with Gasteiger partial charge in [-0.15, -0.1) is 5.10 Å². The Morgan fingerprint density at radius 2 is 2.00 bits per heavy atom. The molecule has 1 aliphatic rings. The third-order valence-corrected chi connectivity index (χ3v) is 4.03. The number of quaternary nitrogens is 1. The van der Waals surface area contributed by atoms with E-state index in [0.717, 1.165) is 44.3 Å². The molecule has 1 aromatic carbocycles. The van der Waals surface area contributed by atoms with Crippen molar-refractivity contribution in [1.29, 1.82) is 0 Å². The Labute approximate surface area is 134 Å². The van der Waals surface area contributed by atoms with Gasteiger partial charge in [0.05, 0.1) is 26.7 Å². The Morgan fingerprint density at radius 1 is 1.27 bits per heavy atom. The molecule has 1 N–H and O–H groups in total. The highest BCUT2D eigenvalue weighted by molar-refractivity contribution is 7.71. The van der Waals surface area contributed by atoms with Crippen LogP contribution >= 0.6 is 12.2 Å². The van der Waals surface area contributed by atoms with Gasteiger partial charge in [-0.1, -0.05) is 12.1 Å². The van der Waals surface area contributed by atoms with Gasteiger partial charge >= 0.3 is 0 Å². The van der Waals surface area contributed by atoms with Crippen LogP contribution in [0.25, 0.3) is 0 Å². The van der Waals surface area contributed by atoms with E-state index >= 15 is 0 Å². The first-order valence-electron chi connectivity index (χ1n) is 7.35. The topological polar surface area (TPSA) is 53.9 Å². The summed E-state index contributed by atoms with van der Waals surface area (Å²) in [5.41, 5.74) is 1.11. The summed E-state index contributed by atoms with van der Waals surface area (Å²) in [6, 6.07) is 7.87. The number of nitrogens with zero attached hydrogens (tertiary/aromatic N) is 2. The number of aromatic nitrogens is 2. The van der Waals surface area contributed by atoms with Crippen molar-refractivity contribution < 1.29 is 18.8 Å². The van der Waals surface area contributed by atoms with E-state index in [-0.39, 0.29) is 0 Å². The molecule has 118 valence electrons. The summed E-state index contributed by atoms with van der Waals surface area (Å²) in [6.45, 7) is 4.26. The van der Waals surface area contributed by atoms with Crippen molar-refractivity contribution in [3.05, 3.63) is 40.6 Å². The van der Waals surface area contributed by atoms with Crippen molar-refractivity contribution in [2.24, 2.45) is 0 Å². The highest BCUT2D eigenvalue weighted by Gasteiger charge is 2.16. The maximum atomic E-state index is 5.61. The first-order valence-corrected chi connectivity index (χ1v) is 7.76. The first-order chi connectivity index (χ1) is 10.7. The molecule has 0 aliphatic carbocycles. The van der Waals surface area contributed by atoms with E-state index in [2.05, 4.69) is 5.10 Å². The number of nitrogens with one attached hydrogen (secondary N) is 1. The van der Waals surface area contributed by atoms with E-state index in [4.69, 9.17) is 26.1 Å². The van der Waals surface area contributed by atoms with Crippen molar-refractivity contribution in [3.8, 4) is 5.75 Å². The first kappa shape index (κ1) is 15.2. The third-order valence-electron chi connectivity index (χ3n) is 3.74. The van der Waals surface area contributed by atoms with E-state index in [1.165, 1.54) is 4.90 Å². The zero-order valence-corrected chi connectivity index (χ0v) is 13.4.